The average molecular weight is 234 g/mol. The summed E-state index contributed by atoms with van der Waals surface area (Å²) in [5.41, 5.74) is 7.00. The molecule has 1 saturated heterocycles. The van der Waals surface area contributed by atoms with Gasteiger partial charge in [0.25, 0.3) is 0 Å². The Balaban J connectivity index is 1.73. The van der Waals surface area contributed by atoms with E-state index in [0.29, 0.717) is 19.8 Å². The van der Waals surface area contributed by atoms with Gasteiger partial charge in [0, 0.05) is 12.6 Å². The average Bonchev–Trinajstić information content (AvgIpc) is 2.77. The number of nitrogens with one attached hydrogen (secondary N) is 1. The minimum absolute atomic E-state index is 0.00549. The molecule has 1 aromatic carbocycles. The molecule has 1 aromatic rings. The van der Waals surface area contributed by atoms with E-state index in [1.807, 2.05) is 18.2 Å². The summed E-state index contributed by atoms with van der Waals surface area (Å²) in [4.78, 5) is 11.8. The Hall–Kier alpha value is -1.39. The molecule has 0 saturated carbocycles. The van der Waals surface area contributed by atoms with E-state index < -0.39 is 0 Å². The molecule has 2 atom stereocenters. The molecule has 0 radical (unpaired) electrons. The van der Waals surface area contributed by atoms with Crippen molar-refractivity contribution in [1.29, 1.82) is 0 Å². The van der Waals surface area contributed by atoms with Crippen molar-refractivity contribution in [2.75, 3.05) is 19.8 Å². The van der Waals surface area contributed by atoms with Crippen LogP contribution in [0.4, 0.5) is 0 Å². The van der Waals surface area contributed by atoms with Crippen LogP contribution in [-0.2, 0) is 16.0 Å². The highest BCUT2D eigenvalue weighted by molar-refractivity contribution is 5.79. The Morgan fingerprint density at radius 1 is 1.35 bits per heavy atom. The van der Waals surface area contributed by atoms with Crippen LogP contribution in [0, 0.1) is 5.92 Å². The quantitative estimate of drug-likeness (QED) is 0.788. The predicted molar refractivity (Wildman–Crippen MR) is 65.4 cm³/mol. The van der Waals surface area contributed by atoms with E-state index in [1.54, 1.807) is 0 Å². The van der Waals surface area contributed by atoms with Gasteiger partial charge in [-0.2, -0.15) is 0 Å². The fourth-order valence-electron chi connectivity index (χ4n) is 1.95. The van der Waals surface area contributed by atoms with Crippen molar-refractivity contribution in [3.05, 3.63) is 35.9 Å². The molecule has 2 unspecified atom stereocenters. The van der Waals surface area contributed by atoms with Gasteiger partial charge < -0.3 is 15.8 Å². The molecule has 0 aromatic heterocycles. The molecule has 0 spiro atoms. The van der Waals surface area contributed by atoms with Gasteiger partial charge in [0.05, 0.1) is 19.1 Å². The van der Waals surface area contributed by atoms with Crippen LogP contribution in [0.2, 0.25) is 0 Å². The fourth-order valence-corrected chi connectivity index (χ4v) is 1.95. The van der Waals surface area contributed by atoms with E-state index in [9.17, 15) is 4.79 Å². The standard InChI is InChI=1S/C13H18N2O2/c14-12-9-17-8-11(12)13(16)15-7-6-10-4-2-1-3-5-10/h1-5,11-12H,6-9,14H2,(H,15,16). The summed E-state index contributed by atoms with van der Waals surface area (Å²) in [6.07, 6.45) is 0.843. The maximum atomic E-state index is 11.8. The molecule has 1 fully saturated rings. The van der Waals surface area contributed by atoms with Crippen molar-refractivity contribution in [1.82, 2.24) is 5.32 Å². The predicted octanol–water partition coefficient (Wildman–Crippen LogP) is 0.319. The van der Waals surface area contributed by atoms with Gasteiger partial charge in [0.15, 0.2) is 0 Å². The highest BCUT2D eigenvalue weighted by Gasteiger charge is 2.30. The van der Waals surface area contributed by atoms with Crippen LogP contribution in [0.5, 0.6) is 0 Å². The molecule has 1 aliphatic heterocycles. The lowest BCUT2D eigenvalue weighted by molar-refractivity contribution is -0.125. The number of rotatable bonds is 4. The first-order valence-electron chi connectivity index (χ1n) is 5.92. The molecule has 4 heteroatoms. The van der Waals surface area contributed by atoms with Gasteiger partial charge in [-0.3, -0.25) is 4.79 Å². The van der Waals surface area contributed by atoms with Crippen molar-refractivity contribution in [3.63, 3.8) is 0 Å². The molecule has 1 heterocycles. The smallest absolute Gasteiger partial charge is 0.227 e. The van der Waals surface area contributed by atoms with E-state index in [1.165, 1.54) is 5.56 Å². The van der Waals surface area contributed by atoms with Crippen LogP contribution in [0.1, 0.15) is 5.56 Å². The van der Waals surface area contributed by atoms with Gasteiger partial charge in [-0.15, -0.1) is 0 Å². The summed E-state index contributed by atoms with van der Waals surface area (Å²) in [5.74, 6) is -0.184. The lowest BCUT2D eigenvalue weighted by Crippen LogP contribution is -2.41. The van der Waals surface area contributed by atoms with Crippen molar-refractivity contribution < 1.29 is 9.53 Å². The number of benzene rings is 1. The maximum absolute atomic E-state index is 11.8. The normalized spacial score (nSPS) is 23.6. The number of hydrogen-bond acceptors (Lipinski definition) is 3. The van der Waals surface area contributed by atoms with Crippen LogP contribution in [0.15, 0.2) is 30.3 Å². The first-order valence-corrected chi connectivity index (χ1v) is 5.92. The highest BCUT2D eigenvalue weighted by atomic mass is 16.5. The van der Waals surface area contributed by atoms with Gasteiger partial charge >= 0.3 is 0 Å². The molecule has 1 aliphatic rings. The summed E-state index contributed by atoms with van der Waals surface area (Å²) in [7, 11) is 0. The molecular formula is C13H18N2O2. The van der Waals surface area contributed by atoms with Gasteiger partial charge in [-0.25, -0.2) is 0 Å². The molecule has 92 valence electrons. The SMILES string of the molecule is NC1COCC1C(=O)NCCc1ccccc1. The summed E-state index contributed by atoms with van der Waals surface area (Å²) in [5, 5.41) is 2.90. The van der Waals surface area contributed by atoms with Crippen LogP contribution in [0.3, 0.4) is 0 Å². The zero-order valence-corrected chi connectivity index (χ0v) is 9.76. The zero-order valence-electron chi connectivity index (χ0n) is 9.76. The molecule has 2 rings (SSSR count). The maximum Gasteiger partial charge on any atom is 0.227 e. The number of ether oxygens (including phenoxy) is 1. The monoisotopic (exact) mass is 234 g/mol. The van der Waals surface area contributed by atoms with Crippen molar-refractivity contribution >= 4 is 5.91 Å². The van der Waals surface area contributed by atoms with Crippen LogP contribution in [-0.4, -0.2) is 31.7 Å². The Kier molecular flexibility index (Phi) is 4.12. The summed E-state index contributed by atoms with van der Waals surface area (Å²) in [6.45, 7) is 1.57. The van der Waals surface area contributed by atoms with Crippen LogP contribution < -0.4 is 11.1 Å². The van der Waals surface area contributed by atoms with E-state index in [4.69, 9.17) is 10.5 Å². The lowest BCUT2D eigenvalue weighted by atomic mass is 10.0. The van der Waals surface area contributed by atoms with E-state index in [-0.39, 0.29) is 17.9 Å². The second-order valence-electron chi connectivity index (χ2n) is 4.33. The first kappa shape index (κ1) is 12.1. The molecule has 0 aliphatic carbocycles. The van der Waals surface area contributed by atoms with Crippen molar-refractivity contribution in [3.8, 4) is 0 Å². The molecule has 3 N–H and O–H groups in total. The first-order chi connectivity index (χ1) is 8.27. The van der Waals surface area contributed by atoms with Crippen molar-refractivity contribution in [2.45, 2.75) is 12.5 Å². The Morgan fingerprint density at radius 2 is 2.12 bits per heavy atom. The third-order valence-electron chi connectivity index (χ3n) is 3.02. The minimum atomic E-state index is -0.189. The molecule has 4 nitrogen and oxygen atoms in total. The second-order valence-corrected chi connectivity index (χ2v) is 4.33. The number of nitrogens with two attached hydrogens (primary N) is 1. The topological polar surface area (TPSA) is 64.3 Å². The molecular weight excluding hydrogens is 216 g/mol. The number of hydrogen-bond donors (Lipinski definition) is 2. The molecule has 17 heavy (non-hydrogen) atoms. The Bertz CT molecular complexity index is 367. The summed E-state index contributed by atoms with van der Waals surface area (Å²) >= 11 is 0. The molecule has 0 bridgehead atoms. The van der Waals surface area contributed by atoms with Gasteiger partial charge in [0.1, 0.15) is 0 Å². The number of amides is 1. The largest absolute Gasteiger partial charge is 0.379 e. The third-order valence-corrected chi connectivity index (χ3v) is 3.02. The van der Waals surface area contributed by atoms with E-state index in [2.05, 4.69) is 17.4 Å². The molecule has 1 amide bonds. The Labute approximate surface area is 101 Å². The third kappa shape index (κ3) is 3.28. The number of carbonyl (C=O) groups excluding carboxylic acids is 1. The van der Waals surface area contributed by atoms with Crippen LogP contribution >= 0.6 is 0 Å². The fraction of sp³-hybridized carbons (Fsp3) is 0.462. The zero-order chi connectivity index (χ0) is 12.1. The van der Waals surface area contributed by atoms with Gasteiger partial charge in [0.2, 0.25) is 5.91 Å². The number of carbonyl (C=O) groups is 1. The summed E-state index contributed by atoms with van der Waals surface area (Å²) in [6, 6.07) is 9.92. The van der Waals surface area contributed by atoms with Crippen LogP contribution in [0.25, 0.3) is 0 Å². The van der Waals surface area contributed by atoms with Gasteiger partial charge in [-0.1, -0.05) is 30.3 Å². The highest BCUT2D eigenvalue weighted by Crippen LogP contribution is 2.11. The minimum Gasteiger partial charge on any atom is -0.379 e. The second kappa shape index (κ2) is 5.80. The van der Waals surface area contributed by atoms with E-state index >= 15 is 0 Å². The lowest BCUT2D eigenvalue weighted by Gasteiger charge is -2.13. The van der Waals surface area contributed by atoms with E-state index in [0.717, 1.165) is 6.42 Å². The van der Waals surface area contributed by atoms with Gasteiger partial charge in [-0.05, 0) is 12.0 Å². The Morgan fingerprint density at radius 3 is 2.76 bits per heavy atom. The van der Waals surface area contributed by atoms with Crippen molar-refractivity contribution in [2.24, 2.45) is 11.7 Å². The summed E-state index contributed by atoms with van der Waals surface area (Å²) < 4.78 is 5.17.